The molecule has 172 valence electrons. The highest BCUT2D eigenvalue weighted by Crippen LogP contribution is 2.56. The van der Waals surface area contributed by atoms with Gasteiger partial charge >= 0.3 is 12.1 Å². The van der Waals surface area contributed by atoms with Crippen LogP contribution >= 0.6 is 11.6 Å². The zero-order valence-electron chi connectivity index (χ0n) is 16.8. The van der Waals surface area contributed by atoms with Crippen molar-refractivity contribution in [2.75, 3.05) is 18.5 Å². The number of alkyl halides is 3. The first-order valence-electron chi connectivity index (χ1n) is 10.2. The van der Waals surface area contributed by atoms with E-state index in [2.05, 4.69) is 5.32 Å². The van der Waals surface area contributed by atoms with Gasteiger partial charge in [0.05, 0.1) is 34.5 Å². The highest BCUT2D eigenvalue weighted by Gasteiger charge is 2.60. The molecule has 1 aromatic carbocycles. The smallest absolute Gasteiger partial charge is 0.416 e. The minimum absolute atomic E-state index is 0.108. The third kappa shape index (κ3) is 4.20. The average molecular weight is 473 g/mol. The number of nitrogens with one attached hydrogen (secondary N) is 1. The predicted molar refractivity (Wildman–Crippen MR) is 105 cm³/mol. The fourth-order valence-electron chi connectivity index (χ4n) is 5.10. The van der Waals surface area contributed by atoms with Crippen molar-refractivity contribution in [3.63, 3.8) is 0 Å². The molecule has 2 aliphatic carbocycles. The molecule has 4 atom stereocenters. The van der Waals surface area contributed by atoms with Gasteiger partial charge in [0.15, 0.2) is 6.61 Å². The van der Waals surface area contributed by atoms with Gasteiger partial charge in [-0.15, -0.1) is 0 Å². The largest absolute Gasteiger partial charge is 0.456 e. The first-order chi connectivity index (χ1) is 15.1. The van der Waals surface area contributed by atoms with E-state index in [4.69, 9.17) is 16.3 Å². The van der Waals surface area contributed by atoms with Crippen LogP contribution in [0.15, 0.2) is 18.2 Å². The number of hydrogen-bond acceptors (Lipinski definition) is 5. The second-order valence-corrected chi connectivity index (χ2v) is 8.77. The van der Waals surface area contributed by atoms with Crippen molar-refractivity contribution in [2.45, 2.75) is 31.9 Å². The Bertz CT molecular complexity index is 955. The van der Waals surface area contributed by atoms with Gasteiger partial charge in [0.1, 0.15) is 0 Å². The van der Waals surface area contributed by atoms with Gasteiger partial charge in [0, 0.05) is 6.54 Å². The van der Waals surface area contributed by atoms with Gasteiger partial charge in [-0.3, -0.25) is 24.1 Å². The van der Waals surface area contributed by atoms with Crippen LogP contribution in [0.5, 0.6) is 0 Å². The number of likely N-dealkylation sites (tertiary alicyclic amines) is 1. The molecule has 3 amide bonds. The molecule has 7 nitrogen and oxygen atoms in total. The molecule has 1 heterocycles. The molecule has 0 spiro atoms. The number of rotatable bonds is 6. The monoisotopic (exact) mass is 472 g/mol. The summed E-state index contributed by atoms with van der Waals surface area (Å²) >= 11 is 5.81. The quantitative estimate of drug-likeness (QED) is 0.507. The number of anilines is 1. The van der Waals surface area contributed by atoms with Crippen LogP contribution in [0.3, 0.4) is 0 Å². The van der Waals surface area contributed by atoms with Gasteiger partial charge in [-0.05, 0) is 49.3 Å². The van der Waals surface area contributed by atoms with Crippen molar-refractivity contribution in [1.82, 2.24) is 4.90 Å². The van der Waals surface area contributed by atoms with Gasteiger partial charge in [-0.25, -0.2) is 0 Å². The van der Waals surface area contributed by atoms with E-state index < -0.39 is 30.2 Å². The van der Waals surface area contributed by atoms with Crippen LogP contribution < -0.4 is 5.32 Å². The molecule has 3 aliphatic rings. The van der Waals surface area contributed by atoms with Crippen molar-refractivity contribution < 1.29 is 37.1 Å². The summed E-state index contributed by atoms with van der Waals surface area (Å²) in [5.74, 6) is -2.24. The number of esters is 1. The molecular weight excluding hydrogens is 453 g/mol. The lowest BCUT2D eigenvalue weighted by atomic mass is 9.81. The van der Waals surface area contributed by atoms with Gasteiger partial charge in [-0.2, -0.15) is 13.2 Å². The van der Waals surface area contributed by atoms with E-state index in [1.807, 2.05) is 0 Å². The van der Waals surface area contributed by atoms with Crippen molar-refractivity contribution in [3.8, 4) is 0 Å². The van der Waals surface area contributed by atoms with Crippen LogP contribution in [0.2, 0.25) is 5.02 Å². The summed E-state index contributed by atoms with van der Waals surface area (Å²) in [6.07, 6.45) is -2.08. The van der Waals surface area contributed by atoms with Gasteiger partial charge in [-0.1, -0.05) is 11.6 Å². The zero-order chi connectivity index (χ0) is 23.2. The molecule has 0 aromatic heterocycles. The minimum Gasteiger partial charge on any atom is -0.456 e. The van der Waals surface area contributed by atoms with Crippen LogP contribution in [-0.2, 0) is 30.1 Å². The maximum Gasteiger partial charge on any atom is 0.416 e. The van der Waals surface area contributed by atoms with Crippen LogP contribution in [0.1, 0.15) is 31.2 Å². The molecule has 0 radical (unpaired) electrons. The molecule has 11 heteroatoms. The lowest BCUT2D eigenvalue weighted by Crippen LogP contribution is -2.35. The number of carbonyl (C=O) groups is 4. The number of ether oxygens (including phenoxy) is 1. The van der Waals surface area contributed by atoms with Gasteiger partial charge in [0.25, 0.3) is 5.91 Å². The maximum absolute atomic E-state index is 12.8. The van der Waals surface area contributed by atoms with E-state index in [0.29, 0.717) is 6.07 Å². The number of hydrogen-bond donors (Lipinski definition) is 1. The Balaban J connectivity index is 1.26. The topological polar surface area (TPSA) is 92.8 Å². The first-order valence-corrected chi connectivity index (χ1v) is 10.6. The van der Waals surface area contributed by atoms with E-state index in [0.717, 1.165) is 36.3 Å². The van der Waals surface area contributed by atoms with Crippen molar-refractivity contribution in [3.05, 3.63) is 28.8 Å². The summed E-state index contributed by atoms with van der Waals surface area (Å²) in [6.45, 7) is -0.868. The van der Waals surface area contributed by atoms with Crippen LogP contribution in [-0.4, -0.2) is 41.7 Å². The van der Waals surface area contributed by atoms with Crippen molar-refractivity contribution >= 4 is 41.0 Å². The molecule has 1 saturated heterocycles. The molecule has 1 aromatic rings. The molecule has 0 unspecified atom stereocenters. The lowest BCUT2D eigenvalue weighted by Gasteiger charge is -2.19. The number of benzene rings is 1. The Morgan fingerprint density at radius 2 is 1.75 bits per heavy atom. The standard InChI is InChI=1S/C21H20ClF3N2O5/c22-13-4-3-12(21(23,24)25)8-14(13)26-15(28)9-32-16(29)5-6-27-19(30)17-10-1-2-11(7-10)18(17)20(27)31/h3-4,8,10-11,17-18H,1-2,5-7,9H2,(H,26,28)/t10-,11-,17-,18-/m0/s1. The van der Waals surface area contributed by atoms with Gasteiger partial charge < -0.3 is 10.1 Å². The fourth-order valence-corrected chi connectivity index (χ4v) is 5.26. The molecular formula is C21H20ClF3N2O5. The number of fused-ring (bicyclic) bond motifs is 5. The summed E-state index contributed by atoms with van der Waals surface area (Å²) in [7, 11) is 0. The van der Waals surface area contributed by atoms with Gasteiger partial charge in [0.2, 0.25) is 11.8 Å². The zero-order valence-corrected chi connectivity index (χ0v) is 17.5. The maximum atomic E-state index is 12.8. The Morgan fingerprint density at radius 3 is 2.34 bits per heavy atom. The van der Waals surface area contributed by atoms with E-state index in [1.54, 1.807) is 0 Å². The summed E-state index contributed by atoms with van der Waals surface area (Å²) in [6, 6.07) is 2.45. The predicted octanol–water partition coefficient (Wildman–Crippen LogP) is 3.26. The Morgan fingerprint density at radius 1 is 1.12 bits per heavy atom. The summed E-state index contributed by atoms with van der Waals surface area (Å²) in [4.78, 5) is 50.2. The number of halogens is 4. The molecule has 32 heavy (non-hydrogen) atoms. The van der Waals surface area contributed by atoms with E-state index >= 15 is 0 Å². The number of carbonyl (C=O) groups excluding carboxylic acids is 4. The molecule has 3 fully saturated rings. The minimum atomic E-state index is -4.61. The SMILES string of the molecule is O=C(COC(=O)CCN1C(=O)[C@H]2[C@H]3CC[C@@H](C3)[C@@H]2C1=O)Nc1cc(C(F)(F)F)ccc1Cl. The molecule has 2 bridgehead atoms. The lowest BCUT2D eigenvalue weighted by molar-refractivity contribution is -0.149. The summed E-state index contributed by atoms with van der Waals surface area (Å²) in [5, 5.41) is 2.06. The number of amides is 3. The summed E-state index contributed by atoms with van der Waals surface area (Å²) < 4.78 is 43.2. The molecule has 1 aliphatic heterocycles. The van der Waals surface area contributed by atoms with Crippen molar-refractivity contribution in [2.24, 2.45) is 23.7 Å². The van der Waals surface area contributed by atoms with Crippen LogP contribution in [0, 0.1) is 23.7 Å². The number of imide groups is 1. The second kappa shape index (κ2) is 8.38. The third-order valence-electron chi connectivity index (χ3n) is 6.49. The highest BCUT2D eigenvalue weighted by molar-refractivity contribution is 6.33. The van der Waals surface area contributed by atoms with Crippen LogP contribution in [0.25, 0.3) is 0 Å². The average Bonchev–Trinajstić information content (AvgIpc) is 3.40. The molecule has 1 N–H and O–H groups in total. The normalized spacial score (nSPS) is 26.4. The second-order valence-electron chi connectivity index (χ2n) is 8.36. The molecule has 2 saturated carbocycles. The fraction of sp³-hybridized carbons (Fsp3) is 0.524. The van der Waals surface area contributed by atoms with Crippen LogP contribution in [0.4, 0.5) is 18.9 Å². The Kier molecular flexibility index (Phi) is 5.91. The van der Waals surface area contributed by atoms with E-state index in [9.17, 15) is 32.3 Å². The summed E-state index contributed by atoms with van der Waals surface area (Å²) in [5.41, 5.74) is -1.26. The number of nitrogens with zero attached hydrogens (tertiary/aromatic N) is 1. The van der Waals surface area contributed by atoms with E-state index in [1.165, 1.54) is 0 Å². The highest BCUT2D eigenvalue weighted by atomic mass is 35.5. The van der Waals surface area contributed by atoms with Crippen molar-refractivity contribution in [1.29, 1.82) is 0 Å². The first kappa shape index (κ1) is 22.6. The Hall–Kier alpha value is -2.62. The Labute approximate surface area is 186 Å². The third-order valence-corrected chi connectivity index (χ3v) is 6.82. The van der Waals surface area contributed by atoms with E-state index in [-0.39, 0.29) is 59.2 Å². The molecule has 4 rings (SSSR count).